The second-order valence-electron chi connectivity index (χ2n) is 5.07. The predicted octanol–water partition coefficient (Wildman–Crippen LogP) is 4.07. The molecule has 1 atom stereocenters. The molecule has 0 amide bonds. The van der Waals surface area contributed by atoms with Gasteiger partial charge in [-0.1, -0.05) is 25.7 Å². The Hall–Kier alpha value is -1.03. The van der Waals surface area contributed by atoms with E-state index in [0.29, 0.717) is 6.07 Å². The van der Waals surface area contributed by atoms with Gasteiger partial charge in [-0.15, -0.1) is 0 Å². The number of benzene rings is 1. The Balaban J connectivity index is 2.21. The van der Waals surface area contributed by atoms with Crippen molar-refractivity contribution < 1.29 is 13.2 Å². The number of nitrogens with two attached hydrogens (primary N) is 1. The van der Waals surface area contributed by atoms with E-state index in [9.17, 15) is 13.2 Å². The molecule has 1 nitrogen and oxygen atoms in total. The summed E-state index contributed by atoms with van der Waals surface area (Å²) in [5.74, 6) is -2.78. The van der Waals surface area contributed by atoms with Gasteiger partial charge in [0.05, 0.1) is 0 Å². The second kappa shape index (κ2) is 5.74. The lowest BCUT2D eigenvalue weighted by atomic mass is 9.87. The van der Waals surface area contributed by atoms with Crippen LogP contribution in [0.5, 0.6) is 0 Å². The van der Waals surface area contributed by atoms with E-state index in [1.165, 1.54) is 12.8 Å². The molecule has 18 heavy (non-hydrogen) atoms. The summed E-state index contributed by atoms with van der Waals surface area (Å²) in [5, 5.41) is 0. The van der Waals surface area contributed by atoms with E-state index >= 15 is 0 Å². The SMILES string of the molecule is NC(c1cc(F)c(F)cc1F)C1CCCCCC1. The molecule has 0 bridgehead atoms. The lowest BCUT2D eigenvalue weighted by molar-refractivity contribution is 0.369. The molecule has 1 fully saturated rings. The van der Waals surface area contributed by atoms with E-state index in [4.69, 9.17) is 5.73 Å². The fraction of sp³-hybridized carbons (Fsp3) is 0.571. The van der Waals surface area contributed by atoms with E-state index in [-0.39, 0.29) is 11.5 Å². The van der Waals surface area contributed by atoms with Crippen LogP contribution in [0.15, 0.2) is 12.1 Å². The number of hydrogen-bond acceptors (Lipinski definition) is 1. The maximum absolute atomic E-state index is 13.7. The van der Waals surface area contributed by atoms with E-state index in [2.05, 4.69) is 0 Å². The van der Waals surface area contributed by atoms with Gasteiger partial charge in [-0.2, -0.15) is 0 Å². The zero-order chi connectivity index (χ0) is 13.1. The molecule has 0 spiro atoms. The fourth-order valence-electron chi connectivity index (χ4n) is 2.72. The highest BCUT2D eigenvalue weighted by atomic mass is 19.2. The summed E-state index contributed by atoms with van der Waals surface area (Å²) in [7, 11) is 0. The van der Waals surface area contributed by atoms with Crippen molar-refractivity contribution in [3.63, 3.8) is 0 Å². The van der Waals surface area contributed by atoms with Gasteiger partial charge in [0.1, 0.15) is 5.82 Å². The molecule has 1 saturated carbocycles. The highest BCUT2D eigenvalue weighted by Gasteiger charge is 2.24. The van der Waals surface area contributed by atoms with E-state index in [1.807, 2.05) is 0 Å². The van der Waals surface area contributed by atoms with Gasteiger partial charge in [0.15, 0.2) is 11.6 Å². The number of rotatable bonds is 2. The Kier molecular flexibility index (Phi) is 4.27. The molecular weight excluding hydrogens is 239 g/mol. The summed E-state index contributed by atoms with van der Waals surface area (Å²) in [6.07, 6.45) is 6.35. The first kappa shape index (κ1) is 13.4. The lowest BCUT2D eigenvalue weighted by Crippen LogP contribution is -2.22. The van der Waals surface area contributed by atoms with Crippen molar-refractivity contribution in [1.29, 1.82) is 0 Å². The van der Waals surface area contributed by atoms with Crippen LogP contribution in [0.3, 0.4) is 0 Å². The van der Waals surface area contributed by atoms with Crippen LogP contribution in [-0.2, 0) is 0 Å². The van der Waals surface area contributed by atoms with E-state index in [1.54, 1.807) is 0 Å². The topological polar surface area (TPSA) is 26.0 Å². The summed E-state index contributed by atoms with van der Waals surface area (Å²) in [6.45, 7) is 0. The van der Waals surface area contributed by atoms with Crippen LogP contribution in [0.1, 0.15) is 50.1 Å². The molecule has 0 heterocycles. The van der Waals surface area contributed by atoms with Gasteiger partial charge in [0.25, 0.3) is 0 Å². The average molecular weight is 257 g/mol. The van der Waals surface area contributed by atoms with Crippen LogP contribution in [-0.4, -0.2) is 0 Å². The smallest absolute Gasteiger partial charge is 0.161 e. The third-order valence-electron chi connectivity index (χ3n) is 3.81. The molecule has 0 radical (unpaired) electrons. The van der Waals surface area contributed by atoms with Crippen LogP contribution >= 0.6 is 0 Å². The van der Waals surface area contributed by atoms with Crippen LogP contribution in [0.2, 0.25) is 0 Å². The second-order valence-corrected chi connectivity index (χ2v) is 5.07. The zero-order valence-electron chi connectivity index (χ0n) is 10.3. The van der Waals surface area contributed by atoms with E-state index in [0.717, 1.165) is 31.7 Å². The highest BCUT2D eigenvalue weighted by Crippen LogP contribution is 2.33. The highest BCUT2D eigenvalue weighted by molar-refractivity contribution is 5.23. The standard InChI is InChI=1S/C14H18F3N/c15-11-8-13(17)12(16)7-10(11)14(18)9-5-3-1-2-4-6-9/h7-9,14H,1-6,18H2. The molecule has 0 saturated heterocycles. The van der Waals surface area contributed by atoms with Gasteiger partial charge >= 0.3 is 0 Å². The Labute approximate surface area is 105 Å². The van der Waals surface area contributed by atoms with Crippen LogP contribution in [0.4, 0.5) is 13.2 Å². The number of hydrogen-bond donors (Lipinski definition) is 1. The van der Waals surface area contributed by atoms with Crippen molar-refractivity contribution in [3.05, 3.63) is 35.1 Å². The molecule has 1 aromatic rings. The van der Waals surface area contributed by atoms with Gasteiger partial charge in [0, 0.05) is 17.7 Å². The maximum Gasteiger partial charge on any atom is 0.161 e. The minimum atomic E-state index is -1.16. The molecule has 100 valence electrons. The van der Waals surface area contributed by atoms with Crippen molar-refractivity contribution >= 4 is 0 Å². The van der Waals surface area contributed by atoms with Crippen molar-refractivity contribution in [1.82, 2.24) is 0 Å². The van der Waals surface area contributed by atoms with Gasteiger partial charge in [-0.05, 0) is 24.8 Å². The molecule has 0 aliphatic heterocycles. The normalized spacial score (nSPS) is 19.6. The van der Waals surface area contributed by atoms with Crippen molar-refractivity contribution in [3.8, 4) is 0 Å². The first-order valence-electron chi connectivity index (χ1n) is 6.49. The maximum atomic E-state index is 13.7. The summed E-state index contributed by atoms with van der Waals surface area (Å²) in [6, 6.07) is 0.944. The lowest BCUT2D eigenvalue weighted by Gasteiger charge is -2.23. The summed E-state index contributed by atoms with van der Waals surface area (Å²) in [4.78, 5) is 0. The van der Waals surface area contributed by atoms with Crippen molar-refractivity contribution in [2.45, 2.75) is 44.6 Å². The minimum absolute atomic E-state index is 0.0980. The van der Waals surface area contributed by atoms with Crippen LogP contribution in [0, 0.1) is 23.4 Å². The molecule has 1 aliphatic rings. The largest absolute Gasteiger partial charge is 0.324 e. The molecule has 1 aromatic carbocycles. The molecule has 1 aliphatic carbocycles. The molecule has 0 aromatic heterocycles. The summed E-state index contributed by atoms with van der Waals surface area (Å²) < 4.78 is 39.7. The first-order valence-corrected chi connectivity index (χ1v) is 6.49. The quantitative estimate of drug-likeness (QED) is 0.627. The molecular formula is C14H18F3N. The summed E-state index contributed by atoms with van der Waals surface area (Å²) in [5.41, 5.74) is 6.13. The zero-order valence-corrected chi connectivity index (χ0v) is 10.3. The van der Waals surface area contributed by atoms with Gasteiger partial charge in [-0.25, -0.2) is 13.2 Å². The Bertz CT molecular complexity index is 412. The van der Waals surface area contributed by atoms with Crippen LogP contribution < -0.4 is 5.73 Å². The van der Waals surface area contributed by atoms with E-state index < -0.39 is 23.5 Å². The Morgan fingerprint density at radius 1 is 0.889 bits per heavy atom. The fourth-order valence-corrected chi connectivity index (χ4v) is 2.72. The molecule has 2 N–H and O–H groups in total. The van der Waals surface area contributed by atoms with Gasteiger partial charge in [-0.3, -0.25) is 0 Å². The van der Waals surface area contributed by atoms with Crippen LogP contribution in [0.25, 0.3) is 0 Å². The van der Waals surface area contributed by atoms with Crippen molar-refractivity contribution in [2.75, 3.05) is 0 Å². The molecule has 1 unspecified atom stereocenters. The monoisotopic (exact) mass is 257 g/mol. The minimum Gasteiger partial charge on any atom is -0.324 e. The Morgan fingerprint density at radius 3 is 2.06 bits per heavy atom. The Morgan fingerprint density at radius 2 is 1.44 bits per heavy atom. The van der Waals surface area contributed by atoms with Crippen molar-refractivity contribution in [2.24, 2.45) is 11.7 Å². The number of halogens is 3. The average Bonchev–Trinajstić information content (AvgIpc) is 2.61. The molecule has 2 rings (SSSR count). The first-order chi connectivity index (χ1) is 8.59. The van der Waals surface area contributed by atoms with Gasteiger partial charge < -0.3 is 5.73 Å². The third-order valence-corrected chi connectivity index (χ3v) is 3.81. The summed E-state index contributed by atoms with van der Waals surface area (Å²) >= 11 is 0. The predicted molar refractivity (Wildman–Crippen MR) is 64.4 cm³/mol. The molecule has 4 heteroatoms. The third kappa shape index (κ3) is 2.86. The van der Waals surface area contributed by atoms with Gasteiger partial charge in [0.2, 0.25) is 0 Å².